The molecule has 3 nitrogen and oxygen atoms in total. The summed E-state index contributed by atoms with van der Waals surface area (Å²) in [7, 11) is 1.11. The van der Waals surface area contributed by atoms with E-state index >= 15 is 0 Å². The lowest BCUT2D eigenvalue weighted by molar-refractivity contribution is -0.141. The number of halogens is 4. The van der Waals surface area contributed by atoms with Gasteiger partial charge in [0.05, 0.1) is 18.2 Å². The van der Waals surface area contributed by atoms with E-state index in [9.17, 15) is 18.0 Å². The molecule has 1 aromatic carbocycles. The lowest BCUT2D eigenvalue weighted by Gasteiger charge is -2.10. The number of esters is 1. The Morgan fingerprint density at radius 1 is 1.32 bits per heavy atom. The van der Waals surface area contributed by atoms with Crippen LogP contribution in [0.5, 0.6) is 0 Å². The first-order valence-corrected chi connectivity index (χ1v) is 5.88. The number of ether oxygens (including phenoxy) is 1. The van der Waals surface area contributed by atoms with Gasteiger partial charge in [0.2, 0.25) is 0 Å². The third-order valence-electron chi connectivity index (χ3n) is 2.47. The fourth-order valence-electron chi connectivity index (χ4n) is 1.62. The SMILES string of the molecule is COC(=O)c1cc(C(F)(F)F)nc2ccc(Br)cc12. The smallest absolute Gasteiger partial charge is 0.433 e. The number of nitrogens with zero attached hydrogens (tertiary/aromatic N) is 1. The highest BCUT2D eigenvalue weighted by Gasteiger charge is 2.34. The monoisotopic (exact) mass is 333 g/mol. The molecule has 0 fully saturated rings. The zero-order chi connectivity index (χ0) is 14.2. The molecule has 0 spiro atoms. The second-order valence-corrected chi connectivity index (χ2v) is 4.62. The van der Waals surface area contributed by atoms with Crippen molar-refractivity contribution in [2.75, 3.05) is 7.11 Å². The predicted octanol–water partition coefficient (Wildman–Crippen LogP) is 3.80. The quantitative estimate of drug-likeness (QED) is 0.745. The molecule has 0 saturated carbocycles. The van der Waals surface area contributed by atoms with Crippen molar-refractivity contribution in [2.45, 2.75) is 6.18 Å². The van der Waals surface area contributed by atoms with Crippen LogP contribution in [0.25, 0.3) is 10.9 Å². The van der Waals surface area contributed by atoms with E-state index in [0.29, 0.717) is 15.9 Å². The number of pyridine rings is 1. The van der Waals surface area contributed by atoms with Crippen LogP contribution in [0.1, 0.15) is 16.1 Å². The molecule has 2 rings (SSSR count). The number of carbonyl (C=O) groups excluding carboxylic acids is 1. The predicted molar refractivity (Wildman–Crippen MR) is 65.8 cm³/mol. The number of fused-ring (bicyclic) bond motifs is 1. The van der Waals surface area contributed by atoms with E-state index in [1.165, 1.54) is 12.1 Å². The zero-order valence-corrected chi connectivity index (χ0v) is 11.2. The van der Waals surface area contributed by atoms with Crippen molar-refractivity contribution in [3.05, 3.63) is 40.0 Å². The van der Waals surface area contributed by atoms with E-state index < -0.39 is 17.8 Å². The minimum atomic E-state index is -4.62. The van der Waals surface area contributed by atoms with Crippen LogP contribution in [0.4, 0.5) is 13.2 Å². The van der Waals surface area contributed by atoms with E-state index in [2.05, 4.69) is 25.7 Å². The maximum Gasteiger partial charge on any atom is 0.433 e. The van der Waals surface area contributed by atoms with Crippen LogP contribution in [0.3, 0.4) is 0 Å². The average Bonchev–Trinajstić information content (AvgIpc) is 2.35. The fraction of sp³-hybridized carbons (Fsp3) is 0.167. The topological polar surface area (TPSA) is 39.2 Å². The van der Waals surface area contributed by atoms with E-state index in [-0.39, 0.29) is 11.1 Å². The Morgan fingerprint density at radius 3 is 2.58 bits per heavy atom. The Morgan fingerprint density at radius 2 is 2.00 bits per heavy atom. The summed E-state index contributed by atoms with van der Waals surface area (Å²) in [4.78, 5) is 15.1. The standard InChI is InChI=1S/C12H7BrF3NO2/c1-19-11(18)8-5-10(12(14,15)16)17-9-3-2-6(13)4-7(8)9/h2-5H,1H3. The van der Waals surface area contributed by atoms with E-state index in [1.807, 2.05) is 0 Å². The number of rotatable bonds is 1. The maximum atomic E-state index is 12.7. The van der Waals surface area contributed by atoms with Gasteiger partial charge in [-0.25, -0.2) is 9.78 Å². The minimum absolute atomic E-state index is 0.0819. The normalized spacial score (nSPS) is 11.6. The number of hydrogen-bond acceptors (Lipinski definition) is 3. The van der Waals surface area contributed by atoms with Gasteiger partial charge in [-0.15, -0.1) is 0 Å². The van der Waals surface area contributed by atoms with Crippen LogP contribution in [-0.2, 0) is 10.9 Å². The van der Waals surface area contributed by atoms with Gasteiger partial charge < -0.3 is 4.74 Å². The third kappa shape index (κ3) is 2.70. The molecular weight excluding hydrogens is 327 g/mol. The van der Waals surface area contributed by atoms with Crippen LogP contribution in [0.15, 0.2) is 28.7 Å². The summed E-state index contributed by atoms with van der Waals surface area (Å²) in [6, 6.07) is 5.17. The van der Waals surface area contributed by atoms with Crippen molar-refractivity contribution >= 4 is 32.8 Å². The minimum Gasteiger partial charge on any atom is -0.465 e. The number of aromatic nitrogens is 1. The zero-order valence-electron chi connectivity index (χ0n) is 9.58. The Balaban J connectivity index is 2.80. The third-order valence-corrected chi connectivity index (χ3v) is 2.96. The number of methoxy groups -OCH3 is 1. The van der Waals surface area contributed by atoms with Gasteiger partial charge in [0.15, 0.2) is 0 Å². The van der Waals surface area contributed by atoms with Crippen molar-refractivity contribution in [3.8, 4) is 0 Å². The Hall–Kier alpha value is -1.63. The van der Waals surface area contributed by atoms with Crippen molar-refractivity contribution in [2.24, 2.45) is 0 Å². The summed E-state index contributed by atoms with van der Waals surface area (Å²) in [5.74, 6) is -0.837. The molecule has 0 atom stereocenters. The van der Waals surface area contributed by atoms with Crippen molar-refractivity contribution < 1.29 is 22.7 Å². The molecule has 0 aliphatic rings. The summed E-state index contributed by atoms with van der Waals surface area (Å²) in [5.41, 5.74) is -1.21. The number of carbonyl (C=O) groups is 1. The van der Waals surface area contributed by atoms with Crippen LogP contribution in [0.2, 0.25) is 0 Å². The van der Waals surface area contributed by atoms with Crippen molar-refractivity contribution in [1.29, 1.82) is 0 Å². The summed E-state index contributed by atoms with van der Waals surface area (Å²) in [6.07, 6.45) is -4.62. The van der Waals surface area contributed by atoms with E-state index in [0.717, 1.165) is 7.11 Å². The molecule has 0 aliphatic carbocycles. The van der Waals surface area contributed by atoms with E-state index in [4.69, 9.17) is 0 Å². The van der Waals surface area contributed by atoms with Gasteiger partial charge in [0, 0.05) is 9.86 Å². The molecule has 100 valence electrons. The molecule has 0 aliphatic heterocycles. The van der Waals surface area contributed by atoms with Crippen LogP contribution in [0, 0.1) is 0 Å². The highest BCUT2D eigenvalue weighted by molar-refractivity contribution is 9.10. The largest absolute Gasteiger partial charge is 0.465 e. The second kappa shape index (κ2) is 4.80. The summed E-state index contributed by atoms with van der Waals surface area (Å²) >= 11 is 3.19. The van der Waals surface area contributed by atoms with Gasteiger partial charge in [0.1, 0.15) is 5.69 Å². The molecule has 0 radical (unpaired) electrons. The lowest BCUT2D eigenvalue weighted by atomic mass is 10.1. The number of alkyl halides is 3. The summed E-state index contributed by atoms with van der Waals surface area (Å²) < 4.78 is 43.3. The molecule has 7 heteroatoms. The molecule has 0 unspecified atom stereocenters. The van der Waals surface area contributed by atoms with Crippen molar-refractivity contribution in [1.82, 2.24) is 4.98 Å². The highest BCUT2D eigenvalue weighted by atomic mass is 79.9. The highest BCUT2D eigenvalue weighted by Crippen LogP contribution is 2.32. The average molecular weight is 334 g/mol. The molecule has 0 N–H and O–H groups in total. The van der Waals surface area contributed by atoms with Crippen molar-refractivity contribution in [3.63, 3.8) is 0 Å². The van der Waals surface area contributed by atoms with Gasteiger partial charge in [-0.1, -0.05) is 15.9 Å². The first-order valence-electron chi connectivity index (χ1n) is 5.09. The van der Waals surface area contributed by atoms with Gasteiger partial charge in [-0.2, -0.15) is 13.2 Å². The summed E-state index contributed by atoms with van der Waals surface area (Å²) in [5, 5.41) is 0.300. The van der Waals surface area contributed by atoms with Gasteiger partial charge in [-0.05, 0) is 24.3 Å². The molecular formula is C12H7BrF3NO2. The molecule has 19 heavy (non-hydrogen) atoms. The molecule has 0 amide bonds. The molecule has 2 aromatic rings. The Kier molecular flexibility index (Phi) is 3.49. The van der Waals surface area contributed by atoms with E-state index in [1.54, 1.807) is 6.07 Å². The number of benzene rings is 1. The fourth-order valence-corrected chi connectivity index (χ4v) is 1.98. The molecule has 0 bridgehead atoms. The molecule has 1 aromatic heterocycles. The first-order chi connectivity index (χ1) is 8.82. The molecule has 0 saturated heterocycles. The Bertz CT molecular complexity index is 655. The number of hydrogen-bond donors (Lipinski definition) is 0. The van der Waals surface area contributed by atoms with Crippen LogP contribution in [-0.4, -0.2) is 18.1 Å². The first kappa shape index (κ1) is 13.8. The molecule has 1 heterocycles. The lowest BCUT2D eigenvalue weighted by Crippen LogP contribution is -2.12. The van der Waals surface area contributed by atoms with Crippen LogP contribution >= 0.6 is 15.9 Å². The van der Waals surface area contributed by atoms with Crippen LogP contribution < -0.4 is 0 Å². The maximum absolute atomic E-state index is 12.7. The van der Waals surface area contributed by atoms with Gasteiger partial charge in [-0.3, -0.25) is 0 Å². The second-order valence-electron chi connectivity index (χ2n) is 3.71. The van der Waals surface area contributed by atoms with Gasteiger partial charge >= 0.3 is 12.1 Å². The summed E-state index contributed by atoms with van der Waals surface area (Å²) in [6.45, 7) is 0. The van der Waals surface area contributed by atoms with Gasteiger partial charge in [0.25, 0.3) is 0 Å². The Labute approximate surface area is 114 Å².